The molecule has 4 nitrogen and oxygen atoms in total. The van der Waals surface area contributed by atoms with E-state index in [4.69, 9.17) is 0 Å². The van der Waals surface area contributed by atoms with Gasteiger partial charge in [0.15, 0.2) is 0 Å². The maximum atomic E-state index is 11.4. The topological polar surface area (TPSA) is 52.6 Å². The fourth-order valence-electron chi connectivity index (χ4n) is 1.04. The van der Waals surface area contributed by atoms with Crippen LogP contribution in [-0.2, 0) is 19.1 Å². The SMILES string of the molecule is COC(=O)C([Se]c1ccccc1)C(=O)OC. The molecule has 86 valence electrons. The fraction of sp³-hybridized carbons (Fsp3) is 0.273. The molecular weight excluding hydrogens is 275 g/mol. The summed E-state index contributed by atoms with van der Waals surface area (Å²) < 4.78 is 10.1. The van der Waals surface area contributed by atoms with Crippen LogP contribution in [0, 0.1) is 0 Å². The summed E-state index contributed by atoms with van der Waals surface area (Å²) in [6.45, 7) is 0. The molecule has 0 fully saturated rings. The van der Waals surface area contributed by atoms with Crippen molar-refractivity contribution in [2.45, 2.75) is 4.82 Å². The minimum atomic E-state index is -0.829. The van der Waals surface area contributed by atoms with E-state index in [9.17, 15) is 9.59 Å². The van der Waals surface area contributed by atoms with Crippen LogP contribution in [0.5, 0.6) is 0 Å². The van der Waals surface area contributed by atoms with Gasteiger partial charge in [-0.2, -0.15) is 0 Å². The molecule has 0 unspecified atom stereocenters. The monoisotopic (exact) mass is 288 g/mol. The summed E-state index contributed by atoms with van der Waals surface area (Å²) in [5.74, 6) is -1.09. The Bertz CT molecular complexity index is 348. The summed E-state index contributed by atoms with van der Waals surface area (Å²) in [6.07, 6.45) is 0. The average molecular weight is 287 g/mol. The third-order valence-electron chi connectivity index (χ3n) is 1.83. The Balaban J connectivity index is 2.79. The zero-order chi connectivity index (χ0) is 12.0. The van der Waals surface area contributed by atoms with Crippen molar-refractivity contribution >= 4 is 31.4 Å². The van der Waals surface area contributed by atoms with E-state index < -0.39 is 16.8 Å². The summed E-state index contributed by atoms with van der Waals surface area (Å²) >= 11 is -0.318. The first-order valence-corrected chi connectivity index (χ1v) is 6.41. The minimum absolute atomic E-state index is 0.318. The molecule has 0 heterocycles. The van der Waals surface area contributed by atoms with E-state index in [1.54, 1.807) is 0 Å². The second kappa shape index (κ2) is 6.30. The van der Waals surface area contributed by atoms with Gasteiger partial charge in [0.05, 0.1) is 0 Å². The van der Waals surface area contributed by atoms with Gasteiger partial charge < -0.3 is 0 Å². The first-order chi connectivity index (χ1) is 7.69. The summed E-state index contributed by atoms with van der Waals surface area (Å²) in [5, 5.41) is 0. The second-order valence-electron chi connectivity index (χ2n) is 2.86. The van der Waals surface area contributed by atoms with Crippen LogP contribution in [0.1, 0.15) is 0 Å². The second-order valence-corrected chi connectivity index (χ2v) is 5.33. The summed E-state index contributed by atoms with van der Waals surface area (Å²) in [4.78, 5) is 22.0. The van der Waals surface area contributed by atoms with Crippen molar-refractivity contribution < 1.29 is 19.1 Å². The standard InChI is InChI=1S/C11H12O4Se/c1-14-10(12)9(11(13)15-2)16-8-6-4-3-5-7-8/h3-7,9H,1-2H3. The van der Waals surface area contributed by atoms with Crippen molar-refractivity contribution in [1.82, 2.24) is 0 Å². The zero-order valence-electron chi connectivity index (χ0n) is 9.01. The Labute approximate surface area is 100 Å². The molecule has 0 aliphatic rings. The zero-order valence-corrected chi connectivity index (χ0v) is 10.7. The number of hydrogen-bond donors (Lipinski definition) is 0. The van der Waals surface area contributed by atoms with E-state index in [1.165, 1.54) is 14.2 Å². The molecule has 0 aliphatic carbocycles. The summed E-state index contributed by atoms with van der Waals surface area (Å²) in [5.41, 5.74) is 0. The molecule has 0 bridgehead atoms. The average Bonchev–Trinajstić information content (AvgIpc) is 2.35. The van der Waals surface area contributed by atoms with Gasteiger partial charge in [0.1, 0.15) is 0 Å². The molecule has 1 aromatic rings. The molecule has 16 heavy (non-hydrogen) atoms. The van der Waals surface area contributed by atoms with E-state index in [1.807, 2.05) is 30.3 Å². The van der Waals surface area contributed by atoms with E-state index in [2.05, 4.69) is 9.47 Å². The van der Waals surface area contributed by atoms with Crippen molar-refractivity contribution in [2.75, 3.05) is 14.2 Å². The van der Waals surface area contributed by atoms with E-state index in [0.717, 1.165) is 4.46 Å². The molecule has 0 saturated heterocycles. The van der Waals surface area contributed by atoms with Gasteiger partial charge in [-0.1, -0.05) is 0 Å². The van der Waals surface area contributed by atoms with Gasteiger partial charge in [0.25, 0.3) is 0 Å². The number of benzene rings is 1. The van der Waals surface area contributed by atoms with Crippen molar-refractivity contribution in [3.63, 3.8) is 0 Å². The molecule has 0 amide bonds. The Hall–Kier alpha value is -1.32. The van der Waals surface area contributed by atoms with Gasteiger partial charge in [0.2, 0.25) is 0 Å². The molecule has 0 aromatic heterocycles. The molecule has 1 rings (SSSR count). The van der Waals surface area contributed by atoms with Crippen LogP contribution in [0.25, 0.3) is 0 Å². The van der Waals surface area contributed by atoms with Crippen LogP contribution >= 0.6 is 0 Å². The van der Waals surface area contributed by atoms with Gasteiger partial charge >= 0.3 is 99.8 Å². The van der Waals surface area contributed by atoms with Crippen molar-refractivity contribution in [2.24, 2.45) is 0 Å². The van der Waals surface area contributed by atoms with Gasteiger partial charge in [-0.05, 0) is 0 Å². The number of hydrogen-bond acceptors (Lipinski definition) is 4. The predicted molar refractivity (Wildman–Crippen MR) is 59.6 cm³/mol. The Morgan fingerprint density at radius 2 is 1.56 bits per heavy atom. The number of rotatable bonds is 4. The van der Waals surface area contributed by atoms with Gasteiger partial charge in [-0.15, -0.1) is 0 Å². The molecule has 0 saturated carbocycles. The van der Waals surface area contributed by atoms with Crippen LogP contribution < -0.4 is 4.46 Å². The quantitative estimate of drug-likeness (QED) is 0.449. The van der Waals surface area contributed by atoms with Crippen LogP contribution in [0.4, 0.5) is 0 Å². The van der Waals surface area contributed by atoms with Crippen molar-refractivity contribution in [3.05, 3.63) is 30.3 Å². The molecule has 1 aromatic carbocycles. The molecule has 0 spiro atoms. The summed E-state index contributed by atoms with van der Waals surface area (Å²) in [6, 6.07) is 9.36. The molecular formula is C11H12O4Se. The maximum absolute atomic E-state index is 11.4. The normalized spacial score (nSPS) is 9.94. The third kappa shape index (κ3) is 3.36. The molecule has 5 heteroatoms. The number of methoxy groups -OCH3 is 2. The molecule has 0 aliphatic heterocycles. The van der Waals surface area contributed by atoms with E-state index in [-0.39, 0.29) is 15.0 Å². The number of carbonyl (C=O) groups excluding carboxylic acids is 2. The number of esters is 2. The van der Waals surface area contributed by atoms with Gasteiger partial charge in [-0.3, -0.25) is 0 Å². The fourth-order valence-corrected chi connectivity index (χ4v) is 3.08. The predicted octanol–water partition coefficient (Wildman–Crippen LogP) is 0.151. The molecule has 0 N–H and O–H groups in total. The van der Waals surface area contributed by atoms with Crippen LogP contribution in [-0.4, -0.2) is 41.1 Å². The first-order valence-electron chi connectivity index (χ1n) is 4.56. The number of ether oxygens (including phenoxy) is 2. The van der Waals surface area contributed by atoms with Crippen LogP contribution in [0.3, 0.4) is 0 Å². The van der Waals surface area contributed by atoms with E-state index >= 15 is 0 Å². The van der Waals surface area contributed by atoms with Crippen LogP contribution in [0.15, 0.2) is 30.3 Å². The first kappa shape index (κ1) is 12.7. The third-order valence-corrected chi connectivity index (χ3v) is 4.27. The molecule has 0 atom stereocenters. The van der Waals surface area contributed by atoms with Crippen LogP contribution in [0.2, 0.25) is 4.82 Å². The van der Waals surface area contributed by atoms with Gasteiger partial charge in [0, 0.05) is 0 Å². The Morgan fingerprint density at radius 1 is 1.06 bits per heavy atom. The number of carbonyl (C=O) groups is 2. The van der Waals surface area contributed by atoms with E-state index in [0.29, 0.717) is 0 Å². The molecule has 0 radical (unpaired) electrons. The van der Waals surface area contributed by atoms with Crippen molar-refractivity contribution in [3.8, 4) is 0 Å². The Kier molecular flexibility index (Phi) is 5.02. The van der Waals surface area contributed by atoms with Gasteiger partial charge in [-0.25, -0.2) is 0 Å². The van der Waals surface area contributed by atoms with Crippen molar-refractivity contribution in [1.29, 1.82) is 0 Å². The summed E-state index contributed by atoms with van der Waals surface area (Å²) in [7, 11) is 2.53. The Morgan fingerprint density at radius 3 is 2.00 bits per heavy atom.